The summed E-state index contributed by atoms with van der Waals surface area (Å²) in [7, 11) is 1.37. The van der Waals surface area contributed by atoms with Gasteiger partial charge in [-0.2, -0.15) is 0 Å². The number of rotatable bonds is 5. The molecular formula is C12H18N2O2. The van der Waals surface area contributed by atoms with Gasteiger partial charge >= 0.3 is 5.97 Å². The summed E-state index contributed by atoms with van der Waals surface area (Å²) in [6.45, 7) is 3.57. The molecule has 0 radical (unpaired) electrons. The van der Waals surface area contributed by atoms with Crippen molar-refractivity contribution < 1.29 is 9.53 Å². The van der Waals surface area contributed by atoms with E-state index < -0.39 is 0 Å². The van der Waals surface area contributed by atoms with E-state index in [1.54, 1.807) is 12.1 Å². The van der Waals surface area contributed by atoms with Crippen molar-refractivity contribution in [2.45, 2.75) is 6.92 Å². The summed E-state index contributed by atoms with van der Waals surface area (Å²) in [5, 5.41) is 3.25. The first kappa shape index (κ1) is 12.5. The molecule has 0 fully saturated rings. The summed E-state index contributed by atoms with van der Waals surface area (Å²) < 4.78 is 4.62. The van der Waals surface area contributed by atoms with Crippen molar-refractivity contribution in [3.63, 3.8) is 0 Å². The molecule has 0 aromatic heterocycles. The Hall–Kier alpha value is -1.55. The summed E-state index contributed by atoms with van der Waals surface area (Å²) in [6, 6.07) is 7.19. The Kier molecular flexibility index (Phi) is 4.79. The van der Waals surface area contributed by atoms with E-state index in [0.717, 1.165) is 12.2 Å². The summed E-state index contributed by atoms with van der Waals surface area (Å²) >= 11 is 0. The number of carbonyl (C=O) groups is 1. The lowest BCUT2D eigenvalue weighted by atomic mass is 10.1. The van der Waals surface area contributed by atoms with Crippen LogP contribution in [0.15, 0.2) is 24.3 Å². The van der Waals surface area contributed by atoms with E-state index in [-0.39, 0.29) is 5.97 Å². The number of carbonyl (C=O) groups excluding carboxylic acids is 1. The van der Waals surface area contributed by atoms with Gasteiger partial charge in [-0.1, -0.05) is 6.92 Å². The van der Waals surface area contributed by atoms with E-state index in [1.807, 2.05) is 12.1 Å². The Bertz CT molecular complexity index is 335. The van der Waals surface area contributed by atoms with Crippen molar-refractivity contribution in [1.29, 1.82) is 0 Å². The first-order valence-corrected chi connectivity index (χ1v) is 5.29. The maximum absolute atomic E-state index is 11.2. The molecule has 0 bridgehead atoms. The summed E-state index contributed by atoms with van der Waals surface area (Å²) in [5.41, 5.74) is 7.05. The largest absolute Gasteiger partial charge is 0.465 e. The fourth-order valence-corrected chi connectivity index (χ4v) is 1.22. The quantitative estimate of drug-likeness (QED) is 0.741. The van der Waals surface area contributed by atoms with Crippen molar-refractivity contribution in [3.05, 3.63) is 29.8 Å². The molecule has 1 unspecified atom stereocenters. The highest BCUT2D eigenvalue weighted by molar-refractivity contribution is 5.89. The Morgan fingerprint density at radius 1 is 1.44 bits per heavy atom. The van der Waals surface area contributed by atoms with Crippen LogP contribution in [0, 0.1) is 5.92 Å². The molecule has 0 saturated heterocycles. The van der Waals surface area contributed by atoms with Crippen LogP contribution in [0.4, 0.5) is 5.69 Å². The van der Waals surface area contributed by atoms with E-state index >= 15 is 0 Å². The van der Waals surface area contributed by atoms with E-state index in [0.29, 0.717) is 18.0 Å². The Balaban J connectivity index is 2.54. The predicted molar refractivity (Wildman–Crippen MR) is 64.5 cm³/mol. The highest BCUT2D eigenvalue weighted by atomic mass is 16.5. The molecule has 1 aromatic carbocycles. The smallest absolute Gasteiger partial charge is 0.337 e. The zero-order valence-corrected chi connectivity index (χ0v) is 9.69. The second kappa shape index (κ2) is 6.12. The number of esters is 1. The molecule has 0 heterocycles. The standard InChI is InChI=1S/C12H18N2O2/c1-9(7-13)8-14-11-5-3-10(4-6-11)12(15)16-2/h3-6,9,14H,7-8,13H2,1-2H3. The maximum Gasteiger partial charge on any atom is 0.337 e. The molecule has 4 nitrogen and oxygen atoms in total. The van der Waals surface area contributed by atoms with Gasteiger partial charge in [0.1, 0.15) is 0 Å². The molecule has 4 heteroatoms. The first-order chi connectivity index (χ1) is 7.67. The molecular weight excluding hydrogens is 204 g/mol. The van der Waals surface area contributed by atoms with Crippen molar-refractivity contribution in [2.24, 2.45) is 11.7 Å². The summed E-state index contributed by atoms with van der Waals surface area (Å²) in [5.74, 6) is 0.113. The number of anilines is 1. The van der Waals surface area contributed by atoms with E-state index in [1.165, 1.54) is 7.11 Å². The lowest BCUT2D eigenvalue weighted by Crippen LogP contribution is -2.19. The van der Waals surface area contributed by atoms with E-state index in [9.17, 15) is 4.79 Å². The maximum atomic E-state index is 11.2. The van der Waals surface area contributed by atoms with Gasteiger partial charge in [-0.15, -0.1) is 0 Å². The van der Waals surface area contributed by atoms with Crippen molar-refractivity contribution >= 4 is 11.7 Å². The van der Waals surface area contributed by atoms with Gasteiger partial charge < -0.3 is 15.8 Å². The monoisotopic (exact) mass is 222 g/mol. The number of hydrogen-bond acceptors (Lipinski definition) is 4. The molecule has 0 amide bonds. The topological polar surface area (TPSA) is 64.3 Å². The van der Waals surface area contributed by atoms with Crippen molar-refractivity contribution in [1.82, 2.24) is 0 Å². The average Bonchev–Trinajstić information content (AvgIpc) is 2.35. The number of methoxy groups -OCH3 is 1. The van der Waals surface area contributed by atoms with Gasteiger partial charge in [0.2, 0.25) is 0 Å². The average molecular weight is 222 g/mol. The highest BCUT2D eigenvalue weighted by Gasteiger charge is 2.04. The minimum absolute atomic E-state index is 0.318. The number of ether oxygens (including phenoxy) is 1. The lowest BCUT2D eigenvalue weighted by molar-refractivity contribution is 0.0601. The Labute approximate surface area is 95.8 Å². The van der Waals surface area contributed by atoms with Gasteiger partial charge in [-0.3, -0.25) is 0 Å². The van der Waals surface area contributed by atoms with Gasteiger partial charge in [0.25, 0.3) is 0 Å². The van der Waals surface area contributed by atoms with Crippen LogP contribution in [0.1, 0.15) is 17.3 Å². The third-order valence-electron chi connectivity index (χ3n) is 2.36. The number of hydrogen-bond donors (Lipinski definition) is 2. The molecule has 16 heavy (non-hydrogen) atoms. The van der Waals surface area contributed by atoms with Crippen LogP contribution in [-0.2, 0) is 4.74 Å². The minimum Gasteiger partial charge on any atom is -0.465 e. The number of nitrogens with two attached hydrogens (primary N) is 1. The van der Waals surface area contributed by atoms with Gasteiger partial charge in [0, 0.05) is 12.2 Å². The zero-order chi connectivity index (χ0) is 12.0. The van der Waals surface area contributed by atoms with Crippen molar-refractivity contribution in [3.8, 4) is 0 Å². The molecule has 1 atom stereocenters. The fraction of sp³-hybridized carbons (Fsp3) is 0.417. The van der Waals surface area contributed by atoms with E-state index in [4.69, 9.17) is 5.73 Å². The number of nitrogens with one attached hydrogen (secondary N) is 1. The van der Waals surface area contributed by atoms with Crippen LogP contribution in [-0.4, -0.2) is 26.2 Å². The molecule has 88 valence electrons. The van der Waals surface area contributed by atoms with Gasteiger partial charge in [-0.25, -0.2) is 4.79 Å². The van der Waals surface area contributed by atoms with Crippen LogP contribution in [0.2, 0.25) is 0 Å². The van der Waals surface area contributed by atoms with Crippen LogP contribution in [0.25, 0.3) is 0 Å². The van der Waals surface area contributed by atoms with Crippen LogP contribution >= 0.6 is 0 Å². The SMILES string of the molecule is COC(=O)c1ccc(NCC(C)CN)cc1. The third-order valence-corrected chi connectivity index (χ3v) is 2.36. The van der Waals surface area contributed by atoms with Crippen LogP contribution in [0.5, 0.6) is 0 Å². The van der Waals surface area contributed by atoms with Gasteiger partial charge in [0.05, 0.1) is 12.7 Å². The molecule has 3 N–H and O–H groups in total. The first-order valence-electron chi connectivity index (χ1n) is 5.29. The molecule has 0 spiro atoms. The van der Waals surface area contributed by atoms with Crippen molar-refractivity contribution in [2.75, 3.05) is 25.5 Å². The molecule has 1 rings (SSSR count). The van der Waals surface area contributed by atoms with Crippen LogP contribution < -0.4 is 11.1 Å². The van der Waals surface area contributed by atoms with Crippen LogP contribution in [0.3, 0.4) is 0 Å². The normalized spacial score (nSPS) is 11.9. The molecule has 0 saturated carbocycles. The molecule has 0 aliphatic carbocycles. The third kappa shape index (κ3) is 3.55. The second-order valence-corrected chi connectivity index (χ2v) is 3.79. The lowest BCUT2D eigenvalue weighted by Gasteiger charge is -2.11. The molecule has 1 aromatic rings. The molecule has 0 aliphatic rings. The second-order valence-electron chi connectivity index (χ2n) is 3.79. The predicted octanol–water partition coefficient (Wildman–Crippen LogP) is 1.48. The highest BCUT2D eigenvalue weighted by Crippen LogP contribution is 2.10. The van der Waals surface area contributed by atoms with Gasteiger partial charge in [-0.05, 0) is 36.7 Å². The zero-order valence-electron chi connectivity index (χ0n) is 9.69. The Morgan fingerprint density at radius 3 is 2.56 bits per heavy atom. The molecule has 0 aliphatic heterocycles. The Morgan fingerprint density at radius 2 is 2.06 bits per heavy atom. The number of benzene rings is 1. The summed E-state index contributed by atoms with van der Waals surface area (Å²) in [6.07, 6.45) is 0. The van der Waals surface area contributed by atoms with E-state index in [2.05, 4.69) is 17.0 Å². The van der Waals surface area contributed by atoms with Gasteiger partial charge in [0.15, 0.2) is 0 Å². The summed E-state index contributed by atoms with van der Waals surface area (Å²) in [4.78, 5) is 11.2. The fourth-order valence-electron chi connectivity index (χ4n) is 1.22. The minimum atomic E-state index is -0.318.